The first-order valence-corrected chi connectivity index (χ1v) is 10.1. The SMILES string of the molecule is CCS(=O)(=O)c1c(Oc2sc(C)nc2-c2ccccc2)ccnc1N. The van der Waals surface area contributed by atoms with Crippen molar-refractivity contribution in [1.29, 1.82) is 0 Å². The van der Waals surface area contributed by atoms with E-state index in [1.165, 1.54) is 23.6 Å². The number of aryl methyl sites for hydroxylation is 1. The number of benzene rings is 1. The van der Waals surface area contributed by atoms with Crippen molar-refractivity contribution in [3.8, 4) is 22.1 Å². The summed E-state index contributed by atoms with van der Waals surface area (Å²) in [7, 11) is -3.58. The van der Waals surface area contributed by atoms with Gasteiger partial charge in [0.15, 0.2) is 20.5 Å². The van der Waals surface area contributed by atoms with E-state index in [4.69, 9.17) is 10.5 Å². The molecule has 0 bridgehead atoms. The Morgan fingerprint density at radius 2 is 1.92 bits per heavy atom. The second kappa shape index (κ2) is 6.81. The van der Waals surface area contributed by atoms with Gasteiger partial charge < -0.3 is 10.5 Å². The lowest BCUT2D eigenvalue weighted by molar-refractivity contribution is 0.480. The Kier molecular flexibility index (Phi) is 4.73. The van der Waals surface area contributed by atoms with E-state index in [2.05, 4.69) is 9.97 Å². The van der Waals surface area contributed by atoms with Crippen LogP contribution in [0.2, 0.25) is 0 Å². The van der Waals surface area contributed by atoms with Gasteiger partial charge in [0.25, 0.3) is 0 Å². The molecular formula is C17H17N3O3S2. The molecule has 0 aliphatic carbocycles. The van der Waals surface area contributed by atoms with Crippen molar-refractivity contribution in [1.82, 2.24) is 9.97 Å². The Morgan fingerprint density at radius 1 is 1.20 bits per heavy atom. The van der Waals surface area contributed by atoms with E-state index in [0.29, 0.717) is 10.8 Å². The summed E-state index contributed by atoms with van der Waals surface area (Å²) >= 11 is 1.35. The number of sulfone groups is 1. The van der Waals surface area contributed by atoms with Gasteiger partial charge in [-0.05, 0) is 6.92 Å². The van der Waals surface area contributed by atoms with Gasteiger partial charge in [-0.2, -0.15) is 0 Å². The van der Waals surface area contributed by atoms with Gasteiger partial charge >= 0.3 is 0 Å². The summed E-state index contributed by atoms with van der Waals surface area (Å²) in [5, 5.41) is 1.33. The molecule has 0 saturated heterocycles. The molecule has 3 rings (SSSR count). The summed E-state index contributed by atoms with van der Waals surface area (Å²) in [5.74, 6) is 0.00371. The van der Waals surface area contributed by atoms with Gasteiger partial charge in [0, 0.05) is 17.8 Å². The summed E-state index contributed by atoms with van der Waals surface area (Å²) in [4.78, 5) is 8.32. The molecule has 25 heavy (non-hydrogen) atoms. The summed E-state index contributed by atoms with van der Waals surface area (Å²) in [6, 6.07) is 11.1. The van der Waals surface area contributed by atoms with Gasteiger partial charge in [0.05, 0.1) is 10.8 Å². The van der Waals surface area contributed by atoms with Crippen molar-refractivity contribution in [2.75, 3.05) is 11.5 Å². The van der Waals surface area contributed by atoms with Crippen molar-refractivity contribution in [3.05, 3.63) is 47.6 Å². The van der Waals surface area contributed by atoms with Gasteiger partial charge in [0.1, 0.15) is 11.5 Å². The van der Waals surface area contributed by atoms with E-state index in [0.717, 1.165) is 10.6 Å². The Labute approximate surface area is 150 Å². The van der Waals surface area contributed by atoms with Gasteiger partial charge in [0.2, 0.25) is 5.06 Å². The van der Waals surface area contributed by atoms with Crippen LogP contribution >= 0.6 is 11.3 Å². The van der Waals surface area contributed by atoms with Gasteiger partial charge in [-0.15, -0.1) is 0 Å². The van der Waals surface area contributed by atoms with Gasteiger partial charge in [-0.25, -0.2) is 18.4 Å². The quantitative estimate of drug-likeness (QED) is 0.731. The Bertz CT molecular complexity index is 999. The molecule has 0 fully saturated rings. The van der Waals surface area contributed by atoms with Crippen LogP contribution in [-0.4, -0.2) is 24.1 Å². The fourth-order valence-corrected chi connectivity index (χ4v) is 4.21. The van der Waals surface area contributed by atoms with Crippen LogP contribution in [0.5, 0.6) is 10.8 Å². The van der Waals surface area contributed by atoms with Crippen LogP contribution in [0.25, 0.3) is 11.3 Å². The minimum Gasteiger partial charge on any atom is -0.443 e. The third-order valence-electron chi connectivity index (χ3n) is 3.54. The number of thiazole rings is 1. The molecule has 0 saturated carbocycles. The second-order valence-corrected chi connectivity index (χ2v) is 8.64. The summed E-state index contributed by atoms with van der Waals surface area (Å²) in [6.45, 7) is 3.42. The van der Waals surface area contributed by atoms with Crippen LogP contribution in [-0.2, 0) is 9.84 Å². The first-order chi connectivity index (χ1) is 11.9. The average Bonchev–Trinajstić information content (AvgIpc) is 2.96. The van der Waals surface area contributed by atoms with Crippen LogP contribution in [0, 0.1) is 6.92 Å². The zero-order chi connectivity index (χ0) is 18.0. The van der Waals surface area contributed by atoms with E-state index in [-0.39, 0.29) is 22.2 Å². The normalized spacial score (nSPS) is 11.4. The maximum atomic E-state index is 12.4. The smallest absolute Gasteiger partial charge is 0.209 e. The molecule has 0 amide bonds. The highest BCUT2D eigenvalue weighted by molar-refractivity contribution is 7.91. The molecule has 0 spiro atoms. The number of hydrogen-bond acceptors (Lipinski definition) is 7. The lowest BCUT2D eigenvalue weighted by Gasteiger charge is -2.12. The summed E-state index contributed by atoms with van der Waals surface area (Å²) in [6.07, 6.45) is 1.43. The topological polar surface area (TPSA) is 95.2 Å². The zero-order valence-electron chi connectivity index (χ0n) is 13.8. The predicted molar refractivity (Wildman–Crippen MR) is 98.7 cm³/mol. The zero-order valence-corrected chi connectivity index (χ0v) is 15.4. The van der Waals surface area contributed by atoms with E-state index >= 15 is 0 Å². The van der Waals surface area contributed by atoms with Crippen molar-refractivity contribution < 1.29 is 13.2 Å². The third kappa shape index (κ3) is 3.49. The minimum absolute atomic E-state index is 0.0677. The highest BCUT2D eigenvalue weighted by Crippen LogP contribution is 2.40. The van der Waals surface area contributed by atoms with E-state index in [1.54, 1.807) is 6.92 Å². The number of ether oxygens (including phenoxy) is 1. The lowest BCUT2D eigenvalue weighted by atomic mass is 10.2. The second-order valence-electron chi connectivity index (χ2n) is 5.26. The Hall–Kier alpha value is -2.45. The van der Waals surface area contributed by atoms with Crippen LogP contribution in [0.4, 0.5) is 5.82 Å². The fraction of sp³-hybridized carbons (Fsp3) is 0.176. The fourth-order valence-electron chi connectivity index (χ4n) is 2.34. The van der Waals surface area contributed by atoms with Crippen LogP contribution in [0.3, 0.4) is 0 Å². The van der Waals surface area contributed by atoms with E-state index < -0.39 is 9.84 Å². The van der Waals surface area contributed by atoms with Crippen LogP contribution in [0.1, 0.15) is 11.9 Å². The number of nitrogen functional groups attached to an aromatic ring is 1. The highest BCUT2D eigenvalue weighted by Gasteiger charge is 2.24. The molecule has 3 aromatic rings. The number of nitrogens with zero attached hydrogens (tertiary/aromatic N) is 2. The largest absolute Gasteiger partial charge is 0.443 e. The average molecular weight is 375 g/mol. The van der Waals surface area contributed by atoms with Crippen molar-refractivity contribution in [3.63, 3.8) is 0 Å². The number of pyridine rings is 1. The molecule has 0 radical (unpaired) electrons. The number of aromatic nitrogens is 2. The minimum atomic E-state index is -3.58. The molecule has 0 atom stereocenters. The van der Waals surface area contributed by atoms with Crippen molar-refractivity contribution in [2.45, 2.75) is 18.7 Å². The summed E-state index contributed by atoms with van der Waals surface area (Å²) < 4.78 is 30.7. The van der Waals surface area contributed by atoms with Gasteiger partial charge in [-0.1, -0.05) is 48.6 Å². The maximum absolute atomic E-state index is 12.4. The maximum Gasteiger partial charge on any atom is 0.209 e. The lowest BCUT2D eigenvalue weighted by Crippen LogP contribution is -2.10. The van der Waals surface area contributed by atoms with Gasteiger partial charge in [-0.3, -0.25) is 0 Å². The Balaban J connectivity index is 2.10. The van der Waals surface area contributed by atoms with E-state index in [9.17, 15) is 8.42 Å². The molecule has 2 aromatic heterocycles. The number of nitrogens with two attached hydrogens (primary N) is 1. The predicted octanol–water partition coefficient (Wildman–Crippen LogP) is 3.68. The molecular weight excluding hydrogens is 358 g/mol. The molecule has 8 heteroatoms. The summed E-state index contributed by atoms with van der Waals surface area (Å²) in [5.41, 5.74) is 7.37. The molecule has 0 unspecified atom stereocenters. The molecule has 2 N–H and O–H groups in total. The number of rotatable bonds is 5. The molecule has 2 heterocycles. The monoisotopic (exact) mass is 375 g/mol. The van der Waals surface area contributed by atoms with Crippen molar-refractivity contribution >= 4 is 27.0 Å². The first kappa shape index (κ1) is 17.4. The number of hydrogen-bond donors (Lipinski definition) is 1. The van der Waals surface area contributed by atoms with Crippen LogP contribution < -0.4 is 10.5 Å². The highest BCUT2D eigenvalue weighted by atomic mass is 32.2. The third-order valence-corrected chi connectivity index (χ3v) is 6.18. The molecule has 6 nitrogen and oxygen atoms in total. The molecule has 130 valence electrons. The van der Waals surface area contributed by atoms with E-state index in [1.807, 2.05) is 37.3 Å². The van der Waals surface area contributed by atoms with Crippen molar-refractivity contribution in [2.24, 2.45) is 0 Å². The molecule has 1 aromatic carbocycles. The first-order valence-electron chi connectivity index (χ1n) is 7.60. The Morgan fingerprint density at radius 3 is 2.60 bits per heavy atom. The standard InChI is InChI=1S/C17H17N3O3S2/c1-3-25(21,22)15-13(9-10-19-16(15)18)23-17-14(20-11(2)24-17)12-7-5-4-6-8-12/h4-10H,3H2,1-2H3,(H2,18,19). The number of anilines is 1. The van der Waals surface area contributed by atoms with Crippen LogP contribution in [0.15, 0.2) is 47.5 Å². The molecule has 0 aliphatic rings. The molecule has 0 aliphatic heterocycles.